The van der Waals surface area contributed by atoms with Gasteiger partial charge in [-0.05, 0) is 29.8 Å². The highest BCUT2D eigenvalue weighted by Crippen LogP contribution is 2.40. The van der Waals surface area contributed by atoms with Crippen LogP contribution in [-0.4, -0.2) is 37.5 Å². The summed E-state index contributed by atoms with van der Waals surface area (Å²) in [6, 6.07) is 6.86. The average Bonchev–Trinajstić information content (AvgIpc) is 3.16. The van der Waals surface area contributed by atoms with Crippen LogP contribution < -0.4 is 14.2 Å². The Kier molecular flexibility index (Phi) is 6.15. The van der Waals surface area contributed by atoms with Crippen molar-refractivity contribution in [2.45, 2.75) is 25.3 Å². The fourth-order valence-corrected chi connectivity index (χ4v) is 4.67. The Morgan fingerprint density at radius 2 is 1.93 bits per heavy atom. The molecule has 0 spiro atoms. The predicted octanol–water partition coefficient (Wildman–Crippen LogP) is 3.59. The first-order valence-corrected chi connectivity index (χ1v) is 10.6. The Hall–Kier alpha value is -2.56. The number of nitro benzene ring substituents is 1. The summed E-state index contributed by atoms with van der Waals surface area (Å²) in [5.41, 5.74) is 0.179. The van der Waals surface area contributed by atoms with Gasteiger partial charge in [-0.1, -0.05) is 25.4 Å². The van der Waals surface area contributed by atoms with Crippen LogP contribution in [0.1, 0.15) is 19.4 Å². The van der Waals surface area contributed by atoms with Gasteiger partial charge in [-0.2, -0.15) is 4.31 Å². The van der Waals surface area contributed by atoms with Crippen molar-refractivity contribution in [2.75, 3.05) is 19.9 Å². The first-order valence-electron chi connectivity index (χ1n) is 8.77. The van der Waals surface area contributed by atoms with E-state index in [4.69, 9.17) is 25.8 Å². The molecule has 0 saturated carbocycles. The molecule has 0 aliphatic carbocycles. The number of rotatable bonds is 8. The van der Waals surface area contributed by atoms with Crippen LogP contribution in [0.15, 0.2) is 35.2 Å². The zero-order valence-corrected chi connectivity index (χ0v) is 17.3. The maximum atomic E-state index is 12.6. The standard InChI is InChI=1S/C18H19ClN2O7S/c1-3-20(4-2)29(24,25)13-5-6-16(15(9-13)21(22)23)26-10-12-7-14(19)18-17(8-12)27-11-28-18/h5-9H,3-4,10-11H2,1-2H3. The van der Waals surface area contributed by atoms with E-state index in [1.807, 2.05) is 0 Å². The van der Waals surface area contributed by atoms with Crippen LogP contribution in [-0.2, 0) is 16.6 Å². The molecule has 0 fully saturated rings. The molecule has 1 aliphatic rings. The van der Waals surface area contributed by atoms with Crippen LogP contribution in [0.5, 0.6) is 17.2 Å². The van der Waals surface area contributed by atoms with E-state index in [1.54, 1.807) is 26.0 Å². The molecule has 1 heterocycles. The SMILES string of the molecule is CCN(CC)S(=O)(=O)c1ccc(OCc2cc(Cl)c3c(c2)OCO3)c([N+](=O)[O-])c1. The topological polar surface area (TPSA) is 108 Å². The first kappa shape index (κ1) is 21.2. The number of benzene rings is 2. The van der Waals surface area contributed by atoms with Gasteiger partial charge in [0.15, 0.2) is 17.2 Å². The van der Waals surface area contributed by atoms with E-state index in [9.17, 15) is 18.5 Å². The van der Waals surface area contributed by atoms with Gasteiger partial charge in [0.1, 0.15) is 6.61 Å². The van der Waals surface area contributed by atoms with Crippen molar-refractivity contribution in [3.05, 3.63) is 51.0 Å². The van der Waals surface area contributed by atoms with E-state index >= 15 is 0 Å². The van der Waals surface area contributed by atoms with Gasteiger partial charge < -0.3 is 14.2 Å². The van der Waals surface area contributed by atoms with Gasteiger partial charge in [0.2, 0.25) is 16.8 Å². The Balaban J connectivity index is 1.87. The lowest BCUT2D eigenvalue weighted by atomic mass is 10.2. The molecule has 1 aliphatic heterocycles. The smallest absolute Gasteiger partial charge is 0.312 e. The summed E-state index contributed by atoms with van der Waals surface area (Å²) in [6.45, 7) is 3.95. The van der Waals surface area contributed by atoms with Crippen LogP contribution in [0, 0.1) is 10.1 Å². The van der Waals surface area contributed by atoms with Gasteiger partial charge in [0, 0.05) is 19.2 Å². The number of nitrogens with zero attached hydrogens (tertiary/aromatic N) is 2. The lowest BCUT2D eigenvalue weighted by Crippen LogP contribution is -2.30. The summed E-state index contributed by atoms with van der Waals surface area (Å²) in [6.07, 6.45) is 0. The number of ether oxygens (including phenoxy) is 3. The third kappa shape index (κ3) is 4.24. The van der Waals surface area contributed by atoms with Crippen LogP contribution in [0.2, 0.25) is 5.02 Å². The zero-order chi connectivity index (χ0) is 21.2. The maximum absolute atomic E-state index is 12.6. The summed E-state index contributed by atoms with van der Waals surface area (Å²) >= 11 is 6.13. The third-order valence-electron chi connectivity index (χ3n) is 4.35. The molecule has 0 unspecified atom stereocenters. The van der Waals surface area contributed by atoms with Gasteiger partial charge in [-0.3, -0.25) is 10.1 Å². The molecule has 0 radical (unpaired) electrons. The molecule has 3 rings (SSSR count). The van der Waals surface area contributed by atoms with E-state index in [2.05, 4.69) is 0 Å². The van der Waals surface area contributed by atoms with Crippen LogP contribution in [0.4, 0.5) is 5.69 Å². The Labute approximate surface area is 172 Å². The Morgan fingerprint density at radius 1 is 1.21 bits per heavy atom. The molecule has 156 valence electrons. The van der Waals surface area contributed by atoms with Crippen LogP contribution in [0.3, 0.4) is 0 Å². The van der Waals surface area contributed by atoms with Crippen molar-refractivity contribution < 1.29 is 27.6 Å². The Morgan fingerprint density at radius 3 is 2.59 bits per heavy atom. The summed E-state index contributed by atoms with van der Waals surface area (Å²) in [5.74, 6) is 0.848. The van der Waals surface area contributed by atoms with Crippen LogP contribution in [0.25, 0.3) is 0 Å². The monoisotopic (exact) mass is 442 g/mol. The number of hydrogen-bond donors (Lipinski definition) is 0. The number of fused-ring (bicyclic) bond motifs is 1. The number of halogens is 1. The molecule has 2 aromatic rings. The number of hydrogen-bond acceptors (Lipinski definition) is 7. The highest BCUT2D eigenvalue weighted by atomic mass is 35.5. The lowest BCUT2D eigenvalue weighted by molar-refractivity contribution is -0.386. The average molecular weight is 443 g/mol. The molecule has 9 nitrogen and oxygen atoms in total. The number of sulfonamides is 1. The quantitative estimate of drug-likeness (QED) is 0.454. The zero-order valence-electron chi connectivity index (χ0n) is 15.8. The van der Waals surface area contributed by atoms with Crippen molar-refractivity contribution in [1.82, 2.24) is 4.31 Å². The summed E-state index contributed by atoms with van der Waals surface area (Å²) in [5, 5.41) is 11.8. The van der Waals surface area contributed by atoms with E-state index in [-0.39, 0.29) is 37.1 Å². The van der Waals surface area contributed by atoms with Gasteiger partial charge >= 0.3 is 5.69 Å². The minimum Gasteiger partial charge on any atom is -0.482 e. The van der Waals surface area contributed by atoms with Crippen molar-refractivity contribution >= 4 is 27.3 Å². The second-order valence-electron chi connectivity index (χ2n) is 6.08. The molecule has 2 aromatic carbocycles. The minimum atomic E-state index is -3.83. The molecule has 11 heteroatoms. The van der Waals surface area contributed by atoms with E-state index in [1.165, 1.54) is 16.4 Å². The predicted molar refractivity (Wildman–Crippen MR) is 105 cm³/mol. The largest absolute Gasteiger partial charge is 0.482 e. The minimum absolute atomic E-state index is 0.0284. The van der Waals surface area contributed by atoms with Gasteiger partial charge in [-0.15, -0.1) is 0 Å². The highest BCUT2D eigenvalue weighted by molar-refractivity contribution is 7.89. The summed E-state index contributed by atoms with van der Waals surface area (Å²) < 4.78 is 42.6. The van der Waals surface area contributed by atoms with Gasteiger partial charge in [-0.25, -0.2) is 8.42 Å². The summed E-state index contributed by atoms with van der Waals surface area (Å²) in [7, 11) is -3.83. The van der Waals surface area contributed by atoms with Gasteiger partial charge in [0.05, 0.1) is 14.8 Å². The molecular formula is C18H19ClN2O7S. The summed E-state index contributed by atoms with van der Waals surface area (Å²) in [4.78, 5) is 10.7. The third-order valence-corrected chi connectivity index (χ3v) is 6.68. The molecule has 0 saturated heterocycles. The van der Waals surface area contributed by atoms with Crippen LogP contribution >= 0.6 is 11.6 Å². The number of nitro groups is 1. The molecule has 29 heavy (non-hydrogen) atoms. The fraction of sp³-hybridized carbons (Fsp3) is 0.333. The molecule has 0 atom stereocenters. The van der Waals surface area contributed by atoms with Crippen molar-refractivity contribution in [3.63, 3.8) is 0 Å². The second-order valence-corrected chi connectivity index (χ2v) is 8.42. The maximum Gasteiger partial charge on any atom is 0.312 e. The van der Waals surface area contributed by atoms with E-state index in [0.717, 1.165) is 6.07 Å². The van der Waals surface area contributed by atoms with Crippen molar-refractivity contribution in [1.29, 1.82) is 0 Å². The van der Waals surface area contributed by atoms with Crippen molar-refractivity contribution in [2.24, 2.45) is 0 Å². The first-order chi connectivity index (χ1) is 13.8. The lowest BCUT2D eigenvalue weighted by Gasteiger charge is -2.18. The molecule has 0 N–H and O–H groups in total. The molecule has 0 aromatic heterocycles. The fourth-order valence-electron chi connectivity index (χ4n) is 2.90. The van der Waals surface area contributed by atoms with E-state index < -0.39 is 20.6 Å². The normalized spacial score (nSPS) is 13.0. The second kappa shape index (κ2) is 8.44. The van der Waals surface area contributed by atoms with E-state index in [0.29, 0.717) is 22.1 Å². The van der Waals surface area contributed by atoms with Crippen molar-refractivity contribution in [3.8, 4) is 17.2 Å². The molecule has 0 bridgehead atoms. The molecule has 0 amide bonds. The van der Waals surface area contributed by atoms with Gasteiger partial charge in [0.25, 0.3) is 0 Å². The molecular weight excluding hydrogens is 424 g/mol. The highest BCUT2D eigenvalue weighted by Gasteiger charge is 2.26. The Bertz CT molecular complexity index is 1040.